The van der Waals surface area contributed by atoms with Crippen LogP contribution in [0.2, 0.25) is 0 Å². The zero-order valence-electron chi connectivity index (χ0n) is 19.5. The van der Waals surface area contributed by atoms with Crippen molar-refractivity contribution >= 4 is 12.0 Å². The number of benzene rings is 1. The molecule has 7 nitrogen and oxygen atoms in total. The van der Waals surface area contributed by atoms with Gasteiger partial charge < -0.3 is 15.5 Å². The van der Waals surface area contributed by atoms with Crippen molar-refractivity contribution in [2.24, 2.45) is 0 Å². The summed E-state index contributed by atoms with van der Waals surface area (Å²) in [6.45, 7) is 1.98. The molecule has 3 rings (SSSR count). The maximum absolute atomic E-state index is 13.8. The average Bonchev–Trinajstić information content (AvgIpc) is 3.22. The summed E-state index contributed by atoms with van der Waals surface area (Å²) < 4.78 is 95.7. The third kappa shape index (κ3) is 9.00. The molecule has 0 amide bonds. The molecule has 2 heterocycles. The first kappa shape index (κ1) is 31.3. The monoisotopic (exact) mass is 542 g/mol. The van der Waals surface area contributed by atoms with E-state index in [1.165, 1.54) is 20.0 Å². The fourth-order valence-corrected chi connectivity index (χ4v) is 2.55. The predicted octanol–water partition coefficient (Wildman–Crippen LogP) is 5.77. The second-order valence-electron chi connectivity index (χ2n) is 7.08. The number of nitrogens with one attached hydrogen (secondary N) is 2. The van der Waals surface area contributed by atoms with Gasteiger partial charge >= 0.3 is 12.4 Å². The molecule has 0 aliphatic carbocycles. The summed E-state index contributed by atoms with van der Waals surface area (Å²) in [6, 6.07) is 4.15. The Morgan fingerprint density at radius 3 is 2.11 bits per heavy atom. The van der Waals surface area contributed by atoms with E-state index in [0.717, 1.165) is 25.1 Å². The van der Waals surface area contributed by atoms with E-state index in [2.05, 4.69) is 20.5 Å². The minimum atomic E-state index is -4.40. The van der Waals surface area contributed by atoms with E-state index in [1.54, 1.807) is 0 Å². The van der Waals surface area contributed by atoms with E-state index in [4.69, 9.17) is 5.11 Å². The summed E-state index contributed by atoms with van der Waals surface area (Å²) in [5, 5.41) is 26.3. The van der Waals surface area contributed by atoms with Crippen molar-refractivity contribution in [3.05, 3.63) is 58.5 Å². The van der Waals surface area contributed by atoms with E-state index >= 15 is 0 Å². The largest absolute Gasteiger partial charge is 0.507 e. The number of aliphatic hydroxyl groups is 1. The minimum absolute atomic E-state index is 0.00231. The van der Waals surface area contributed by atoms with Crippen molar-refractivity contribution in [1.29, 1.82) is 0 Å². The summed E-state index contributed by atoms with van der Waals surface area (Å²) in [6.07, 6.45) is -8.77. The normalized spacial score (nSPS) is 11.1. The summed E-state index contributed by atoms with van der Waals surface area (Å²) in [4.78, 5) is 14.3. The summed E-state index contributed by atoms with van der Waals surface area (Å²) >= 11 is 0. The number of nitrogens with zero attached hydrogens (tertiary/aromatic N) is 2. The molecule has 0 saturated carbocycles. The van der Waals surface area contributed by atoms with Crippen LogP contribution in [0, 0.1) is 18.6 Å². The highest BCUT2D eigenvalue weighted by Crippen LogP contribution is 2.34. The predicted molar refractivity (Wildman–Crippen MR) is 117 cm³/mol. The van der Waals surface area contributed by atoms with Gasteiger partial charge in [0.15, 0.2) is 12.0 Å². The number of H-pyrrole nitrogens is 1. The minimum Gasteiger partial charge on any atom is -0.507 e. The Balaban J connectivity index is 0.000000324. The third-order valence-corrected chi connectivity index (χ3v) is 4.45. The van der Waals surface area contributed by atoms with Crippen molar-refractivity contribution < 1.29 is 50.1 Å². The van der Waals surface area contributed by atoms with Gasteiger partial charge in [0.1, 0.15) is 23.1 Å². The van der Waals surface area contributed by atoms with E-state index in [9.17, 15) is 45.0 Å². The third-order valence-electron chi connectivity index (χ3n) is 4.45. The van der Waals surface area contributed by atoms with Gasteiger partial charge in [0.05, 0.1) is 29.2 Å². The van der Waals surface area contributed by atoms with Crippen molar-refractivity contribution in [3.63, 3.8) is 0 Å². The topological polar surface area (TPSA) is 111 Å². The number of hydrogen-bond donors (Lipinski definition) is 4. The summed E-state index contributed by atoms with van der Waals surface area (Å²) in [7, 11) is 1.42. The lowest BCUT2D eigenvalue weighted by Crippen LogP contribution is -2.08. The lowest BCUT2D eigenvalue weighted by Gasteiger charge is -2.07. The van der Waals surface area contributed by atoms with Crippen LogP contribution in [0.5, 0.6) is 5.75 Å². The SMILES string of the molecule is CCC(F)(F)F.CNc1c(C(F)(F)F)n[nH]c1C.O=Cc1cc(F)c(-c2ccc(F)c(CO)n2)cc1O. The molecule has 0 aliphatic heterocycles. The molecule has 37 heavy (non-hydrogen) atoms. The fraction of sp³-hybridized carbons (Fsp3) is 0.318. The number of aromatic hydroxyl groups is 1. The Bertz CT molecular complexity index is 1190. The maximum atomic E-state index is 13.8. The first-order valence-electron chi connectivity index (χ1n) is 10.2. The number of aryl methyl sites for hydroxylation is 1. The summed E-state index contributed by atoms with van der Waals surface area (Å²) in [5.74, 6) is -1.88. The van der Waals surface area contributed by atoms with Crippen LogP contribution in [0.4, 0.5) is 40.8 Å². The van der Waals surface area contributed by atoms with Crippen molar-refractivity contribution in [2.45, 2.75) is 39.2 Å². The number of phenolic OH excluding ortho intramolecular Hbond substituents is 1. The molecule has 0 fully saturated rings. The second-order valence-corrected chi connectivity index (χ2v) is 7.08. The number of anilines is 1. The molecule has 0 radical (unpaired) electrons. The molecule has 1 aromatic carbocycles. The van der Waals surface area contributed by atoms with Gasteiger partial charge in [-0.25, -0.2) is 13.8 Å². The Labute approximate surface area is 205 Å². The number of carbonyl (C=O) groups is 1. The van der Waals surface area contributed by atoms with Crippen LogP contribution in [0.3, 0.4) is 0 Å². The molecule has 15 heteroatoms. The van der Waals surface area contributed by atoms with Gasteiger partial charge in [0.25, 0.3) is 0 Å². The zero-order valence-corrected chi connectivity index (χ0v) is 19.5. The molecule has 2 aromatic heterocycles. The van der Waals surface area contributed by atoms with E-state index in [1.807, 2.05) is 0 Å². The van der Waals surface area contributed by atoms with Gasteiger partial charge in [-0.3, -0.25) is 9.89 Å². The molecule has 204 valence electrons. The quantitative estimate of drug-likeness (QED) is 0.246. The molecule has 3 aromatic rings. The van der Waals surface area contributed by atoms with Gasteiger partial charge in [-0.1, -0.05) is 6.92 Å². The highest BCUT2D eigenvalue weighted by atomic mass is 19.4. The Morgan fingerprint density at radius 2 is 1.68 bits per heavy atom. The first-order valence-corrected chi connectivity index (χ1v) is 10.2. The number of carbonyl (C=O) groups excluding carboxylic acids is 1. The number of alkyl halides is 6. The maximum Gasteiger partial charge on any atom is 0.437 e. The van der Waals surface area contributed by atoms with Crippen LogP contribution in [0.25, 0.3) is 11.3 Å². The van der Waals surface area contributed by atoms with Crippen LogP contribution < -0.4 is 5.32 Å². The molecule has 0 saturated heterocycles. The Kier molecular flexibility index (Phi) is 11.0. The number of aromatic amines is 1. The number of halogens is 8. The lowest BCUT2D eigenvalue weighted by atomic mass is 10.1. The van der Waals surface area contributed by atoms with Crippen LogP contribution >= 0.6 is 0 Å². The van der Waals surface area contributed by atoms with Gasteiger partial charge in [-0.2, -0.15) is 31.4 Å². The van der Waals surface area contributed by atoms with Crippen molar-refractivity contribution in [2.75, 3.05) is 12.4 Å². The molecular weight excluding hydrogens is 520 g/mol. The van der Waals surface area contributed by atoms with E-state index in [-0.39, 0.29) is 28.2 Å². The van der Waals surface area contributed by atoms with Gasteiger partial charge in [0.2, 0.25) is 0 Å². The van der Waals surface area contributed by atoms with Gasteiger partial charge in [-0.15, -0.1) is 0 Å². The summed E-state index contributed by atoms with van der Waals surface area (Å²) in [5.41, 5.74) is -0.968. The number of aliphatic hydroxyl groups excluding tert-OH is 1. The number of aldehydes is 1. The molecule has 0 unspecified atom stereocenters. The Morgan fingerprint density at radius 1 is 1.08 bits per heavy atom. The molecule has 0 atom stereocenters. The number of pyridine rings is 1. The average molecular weight is 542 g/mol. The lowest BCUT2D eigenvalue weighted by molar-refractivity contribution is -0.140. The molecule has 4 N–H and O–H groups in total. The number of rotatable bonds is 4. The number of phenols is 1. The second kappa shape index (κ2) is 13.0. The fourth-order valence-electron chi connectivity index (χ4n) is 2.55. The smallest absolute Gasteiger partial charge is 0.437 e. The highest BCUT2D eigenvalue weighted by molar-refractivity contribution is 5.81. The van der Waals surface area contributed by atoms with Gasteiger partial charge in [-0.05, 0) is 31.2 Å². The van der Waals surface area contributed by atoms with E-state index in [0.29, 0.717) is 12.0 Å². The molecular formula is C22H22F8N4O3. The standard InChI is InChI=1S/C13H9F2NO3.C6H8F3N3.C3H5F3/c14-9-1-2-11(16-12(9)6-18)8-4-13(19)7(5-17)3-10(8)15;1-3-4(10-2)5(12-11-3)6(7,8)9;1-2-3(4,5)6/h1-5,18-19H,6H2;10H,1-2H3,(H,11,12);2H2,1H3. The van der Waals surface area contributed by atoms with Crippen LogP contribution in [0.15, 0.2) is 24.3 Å². The van der Waals surface area contributed by atoms with Crippen molar-refractivity contribution in [1.82, 2.24) is 15.2 Å². The van der Waals surface area contributed by atoms with Gasteiger partial charge in [0, 0.05) is 19.0 Å². The highest BCUT2D eigenvalue weighted by Gasteiger charge is 2.37. The molecule has 0 aliphatic rings. The van der Waals surface area contributed by atoms with Crippen LogP contribution in [0.1, 0.15) is 40.8 Å². The van der Waals surface area contributed by atoms with Crippen LogP contribution in [-0.2, 0) is 12.8 Å². The van der Waals surface area contributed by atoms with E-state index < -0.39 is 48.5 Å². The molecule has 0 bridgehead atoms. The number of aromatic nitrogens is 3. The first-order chi connectivity index (χ1) is 17.1. The zero-order chi connectivity index (χ0) is 28.6. The number of hydrogen-bond acceptors (Lipinski definition) is 6. The van der Waals surface area contributed by atoms with Crippen molar-refractivity contribution in [3.8, 4) is 17.0 Å². The molecule has 0 spiro atoms. The Hall–Kier alpha value is -3.75. The van der Waals surface area contributed by atoms with Crippen LogP contribution in [-0.4, -0.2) is 44.9 Å².